The number of benzene rings is 1. The Hall–Kier alpha value is -1.42. The molecule has 1 amide bonds. The van der Waals surface area contributed by atoms with E-state index in [-0.39, 0.29) is 11.7 Å². The van der Waals surface area contributed by atoms with Crippen LogP contribution in [0.15, 0.2) is 21.8 Å². The van der Waals surface area contributed by atoms with Crippen molar-refractivity contribution in [2.24, 2.45) is 7.05 Å². The molecule has 1 aromatic heterocycles. The van der Waals surface area contributed by atoms with Crippen molar-refractivity contribution >= 4 is 39.3 Å². The molecule has 0 atom stereocenters. The maximum Gasteiger partial charge on any atom is 0.234 e. The Balaban J connectivity index is 1.55. The number of aromatic nitrogens is 3. The number of hydrogen-bond donors (Lipinski definition) is 1. The highest BCUT2D eigenvalue weighted by molar-refractivity contribution is 9.10. The van der Waals surface area contributed by atoms with Gasteiger partial charge in [0.05, 0.1) is 31.2 Å². The quantitative estimate of drug-likeness (QED) is 0.677. The van der Waals surface area contributed by atoms with Crippen LogP contribution in [0.4, 0.5) is 5.69 Å². The second-order valence-electron chi connectivity index (χ2n) is 6.60. The van der Waals surface area contributed by atoms with Gasteiger partial charge in [0.15, 0.2) is 5.16 Å². The van der Waals surface area contributed by atoms with E-state index < -0.39 is 0 Å². The Labute approximate surface area is 172 Å². The Morgan fingerprint density at radius 2 is 1.96 bits per heavy atom. The van der Waals surface area contributed by atoms with E-state index in [1.54, 1.807) is 0 Å². The topological polar surface area (TPSA) is 72.3 Å². The third-order valence-electron chi connectivity index (χ3n) is 4.58. The molecule has 2 heterocycles. The first-order chi connectivity index (χ1) is 12.9. The molecule has 146 valence electrons. The van der Waals surface area contributed by atoms with Gasteiger partial charge in [-0.25, -0.2) is 0 Å². The largest absolute Gasteiger partial charge is 0.379 e. The highest BCUT2D eigenvalue weighted by Crippen LogP contribution is 2.26. The zero-order valence-corrected chi connectivity index (χ0v) is 18.2. The number of rotatable bonds is 6. The van der Waals surface area contributed by atoms with E-state index in [1.165, 1.54) is 17.3 Å². The fourth-order valence-electron chi connectivity index (χ4n) is 2.76. The van der Waals surface area contributed by atoms with Gasteiger partial charge in [0.2, 0.25) is 5.91 Å². The molecule has 27 heavy (non-hydrogen) atoms. The number of anilines is 1. The van der Waals surface area contributed by atoms with Crippen LogP contribution in [0.1, 0.15) is 17.0 Å². The lowest BCUT2D eigenvalue weighted by Crippen LogP contribution is -2.36. The Morgan fingerprint density at radius 3 is 2.70 bits per heavy atom. The number of morpholine rings is 1. The van der Waals surface area contributed by atoms with Gasteiger partial charge >= 0.3 is 0 Å². The molecule has 1 N–H and O–H groups in total. The van der Waals surface area contributed by atoms with Gasteiger partial charge in [0, 0.05) is 24.6 Å². The van der Waals surface area contributed by atoms with Crippen LogP contribution in [0.25, 0.3) is 0 Å². The summed E-state index contributed by atoms with van der Waals surface area (Å²) in [6, 6.07) is 3.99. The summed E-state index contributed by atoms with van der Waals surface area (Å²) in [6.07, 6.45) is 0. The average molecular weight is 454 g/mol. The Kier molecular flexibility index (Phi) is 6.91. The number of ether oxygens (including phenoxy) is 1. The van der Waals surface area contributed by atoms with Gasteiger partial charge in [-0.3, -0.25) is 9.69 Å². The van der Waals surface area contributed by atoms with Crippen LogP contribution < -0.4 is 5.32 Å². The standard InChI is InChI=1S/C18H24BrN5O2S/c1-12-8-14(19)15(9-13(12)2)20-17(25)11-27-18-22-21-16(23(18)3)10-24-4-6-26-7-5-24/h8-9H,4-7,10-11H2,1-3H3,(H,20,25). The van der Waals surface area contributed by atoms with Gasteiger partial charge in [-0.2, -0.15) is 0 Å². The van der Waals surface area contributed by atoms with E-state index in [0.29, 0.717) is 0 Å². The van der Waals surface area contributed by atoms with E-state index in [0.717, 1.165) is 59.6 Å². The van der Waals surface area contributed by atoms with E-state index in [4.69, 9.17) is 4.74 Å². The third kappa shape index (κ3) is 5.31. The summed E-state index contributed by atoms with van der Waals surface area (Å²) in [4.78, 5) is 14.6. The van der Waals surface area contributed by atoms with Gasteiger partial charge in [0.25, 0.3) is 0 Å². The Morgan fingerprint density at radius 1 is 1.26 bits per heavy atom. The normalized spacial score (nSPS) is 15.1. The summed E-state index contributed by atoms with van der Waals surface area (Å²) in [7, 11) is 1.94. The molecule has 9 heteroatoms. The zero-order valence-electron chi connectivity index (χ0n) is 15.8. The van der Waals surface area contributed by atoms with Crippen molar-refractivity contribution in [1.82, 2.24) is 19.7 Å². The molecule has 3 rings (SSSR count). The summed E-state index contributed by atoms with van der Waals surface area (Å²) >= 11 is 4.90. The second-order valence-corrected chi connectivity index (χ2v) is 8.40. The fraction of sp³-hybridized carbons (Fsp3) is 0.500. The minimum atomic E-state index is -0.0679. The molecule has 1 fully saturated rings. The number of halogens is 1. The van der Waals surface area contributed by atoms with Crippen LogP contribution in [-0.2, 0) is 23.1 Å². The van der Waals surface area contributed by atoms with Gasteiger partial charge in [-0.05, 0) is 53.0 Å². The lowest BCUT2D eigenvalue weighted by Gasteiger charge is -2.25. The minimum absolute atomic E-state index is 0.0679. The van der Waals surface area contributed by atoms with Crippen molar-refractivity contribution in [2.75, 3.05) is 37.4 Å². The molecule has 0 bridgehead atoms. The number of aryl methyl sites for hydroxylation is 2. The summed E-state index contributed by atoms with van der Waals surface area (Å²) in [6.45, 7) is 8.15. The molecule has 1 aromatic carbocycles. The fourth-order valence-corrected chi connectivity index (χ4v) is 4.05. The molecule has 1 aliphatic rings. The SMILES string of the molecule is Cc1cc(Br)c(NC(=O)CSc2nnc(CN3CCOCC3)n2C)cc1C. The zero-order chi connectivity index (χ0) is 19.4. The molecule has 7 nitrogen and oxygen atoms in total. The van der Waals surface area contributed by atoms with Gasteiger partial charge < -0.3 is 14.6 Å². The summed E-state index contributed by atoms with van der Waals surface area (Å²) < 4.78 is 8.21. The molecular weight excluding hydrogens is 430 g/mol. The van der Waals surface area contributed by atoms with E-state index >= 15 is 0 Å². The third-order valence-corrected chi connectivity index (χ3v) is 6.26. The number of carbonyl (C=O) groups excluding carboxylic acids is 1. The summed E-state index contributed by atoms with van der Waals surface area (Å²) in [5.74, 6) is 1.11. The maximum atomic E-state index is 12.3. The minimum Gasteiger partial charge on any atom is -0.379 e. The molecule has 0 spiro atoms. The predicted molar refractivity (Wildman–Crippen MR) is 110 cm³/mol. The van der Waals surface area contributed by atoms with E-state index in [9.17, 15) is 4.79 Å². The predicted octanol–water partition coefficient (Wildman–Crippen LogP) is 2.76. The molecule has 2 aromatic rings. The first kappa shape index (κ1) is 20.3. The van der Waals surface area contributed by atoms with Crippen LogP contribution >= 0.6 is 27.7 Å². The van der Waals surface area contributed by atoms with Gasteiger partial charge in [-0.1, -0.05) is 11.8 Å². The number of hydrogen-bond acceptors (Lipinski definition) is 6. The van der Waals surface area contributed by atoms with Crippen LogP contribution in [0.5, 0.6) is 0 Å². The molecular formula is C18H24BrN5O2S. The number of nitrogens with zero attached hydrogens (tertiary/aromatic N) is 4. The number of carbonyl (C=O) groups is 1. The molecule has 0 saturated carbocycles. The Bertz CT molecular complexity index is 820. The number of amides is 1. The molecule has 1 saturated heterocycles. The first-order valence-corrected chi connectivity index (χ1v) is 10.6. The van der Waals surface area contributed by atoms with Crippen molar-refractivity contribution in [3.05, 3.63) is 33.6 Å². The monoisotopic (exact) mass is 453 g/mol. The highest BCUT2D eigenvalue weighted by Gasteiger charge is 2.17. The summed E-state index contributed by atoms with van der Waals surface area (Å²) in [5.41, 5.74) is 3.11. The smallest absolute Gasteiger partial charge is 0.234 e. The van der Waals surface area contributed by atoms with Crippen LogP contribution in [0.3, 0.4) is 0 Å². The molecule has 0 radical (unpaired) electrons. The van der Waals surface area contributed by atoms with Crippen molar-refractivity contribution < 1.29 is 9.53 Å². The van der Waals surface area contributed by atoms with E-state index in [1.807, 2.05) is 37.6 Å². The first-order valence-electron chi connectivity index (χ1n) is 8.82. The average Bonchev–Trinajstić information content (AvgIpc) is 2.99. The molecule has 0 aliphatic carbocycles. The van der Waals surface area contributed by atoms with Crippen molar-refractivity contribution in [3.8, 4) is 0 Å². The van der Waals surface area contributed by atoms with Crippen molar-refractivity contribution in [2.45, 2.75) is 25.5 Å². The van der Waals surface area contributed by atoms with E-state index in [2.05, 4.69) is 36.3 Å². The number of thioether (sulfide) groups is 1. The summed E-state index contributed by atoms with van der Waals surface area (Å²) in [5, 5.41) is 12.2. The van der Waals surface area contributed by atoms with Crippen LogP contribution in [0.2, 0.25) is 0 Å². The lowest BCUT2D eigenvalue weighted by atomic mass is 10.1. The van der Waals surface area contributed by atoms with Crippen LogP contribution in [-0.4, -0.2) is 57.6 Å². The second kappa shape index (κ2) is 9.18. The van der Waals surface area contributed by atoms with Gasteiger partial charge in [0.1, 0.15) is 5.82 Å². The lowest BCUT2D eigenvalue weighted by molar-refractivity contribution is -0.113. The number of nitrogens with one attached hydrogen (secondary N) is 1. The van der Waals surface area contributed by atoms with Crippen molar-refractivity contribution in [1.29, 1.82) is 0 Å². The maximum absolute atomic E-state index is 12.3. The van der Waals surface area contributed by atoms with Gasteiger partial charge in [-0.15, -0.1) is 10.2 Å². The van der Waals surface area contributed by atoms with Crippen molar-refractivity contribution in [3.63, 3.8) is 0 Å². The molecule has 0 unspecified atom stereocenters. The highest BCUT2D eigenvalue weighted by atomic mass is 79.9. The molecule has 1 aliphatic heterocycles. The van der Waals surface area contributed by atoms with Crippen LogP contribution in [0, 0.1) is 13.8 Å².